The smallest absolute Gasteiger partial charge is 0.0757 e. The van der Waals surface area contributed by atoms with Crippen LogP contribution < -0.4 is 0 Å². The van der Waals surface area contributed by atoms with E-state index in [4.69, 9.17) is 0 Å². The Morgan fingerprint density at radius 3 is 2.50 bits per heavy atom. The Balaban J connectivity index is 3.10. The Hall–Kier alpha value is 0.270. The molecule has 3 heteroatoms. The summed E-state index contributed by atoms with van der Waals surface area (Å²) in [7, 11) is 3.99. The summed E-state index contributed by atoms with van der Waals surface area (Å²) in [4.78, 5) is 2.03. The zero-order valence-corrected chi connectivity index (χ0v) is 10.6. The summed E-state index contributed by atoms with van der Waals surface area (Å²) in [5.74, 6) is 2.08. The van der Waals surface area contributed by atoms with Gasteiger partial charge in [0.15, 0.2) is 0 Å². The summed E-state index contributed by atoms with van der Waals surface area (Å²) in [6.07, 6.45) is 5.12. The van der Waals surface area contributed by atoms with Gasteiger partial charge in [-0.3, -0.25) is 0 Å². The van der Waals surface area contributed by atoms with Gasteiger partial charge in [-0.1, -0.05) is 26.2 Å². The van der Waals surface area contributed by atoms with Crippen LogP contribution >= 0.6 is 11.8 Å². The van der Waals surface area contributed by atoms with E-state index < -0.39 is 0 Å². The molecule has 0 aliphatic rings. The van der Waals surface area contributed by atoms with E-state index in [1.165, 1.54) is 31.4 Å². The second-order valence-corrected chi connectivity index (χ2v) is 5.20. The molecule has 0 amide bonds. The maximum atomic E-state index is 9.56. The summed E-state index contributed by atoms with van der Waals surface area (Å²) in [5.41, 5.74) is 0. The quantitative estimate of drug-likeness (QED) is 0.602. The first-order valence-corrected chi connectivity index (χ1v) is 6.72. The van der Waals surface area contributed by atoms with E-state index in [0.29, 0.717) is 0 Å². The Labute approximate surface area is 93.1 Å². The molecule has 0 fully saturated rings. The van der Waals surface area contributed by atoms with Gasteiger partial charge in [0.1, 0.15) is 0 Å². The van der Waals surface area contributed by atoms with Gasteiger partial charge in [-0.15, -0.1) is 0 Å². The highest BCUT2D eigenvalue weighted by atomic mass is 32.2. The van der Waals surface area contributed by atoms with E-state index in [9.17, 15) is 5.11 Å². The number of hydrogen-bond acceptors (Lipinski definition) is 3. The number of aliphatic hydroxyl groups excluding tert-OH is 1. The summed E-state index contributed by atoms with van der Waals surface area (Å²) in [6.45, 7) is 3.01. The van der Waals surface area contributed by atoms with Gasteiger partial charge in [0.2, 0.25) is 0 Å². The molecule has 0 rings (SSSR count). The van der Waals surface area contributed by atoms with Crippen LogP contribution in [0.15, 0.2) is 0 Å². The summed E-state index contributed by atoms with van der Waals surface area (Å²) >= 11 is 1.88. The van der Waals surface area contributed by atoms with Crippen molar-refractivity contribution in [2.75, 3.05) is 32.1 Å². The van der Waals surface area contributed by atoms with E-state index in [0.717, 1.165) is 12.3 Å². The van der Waals surface area contributed by atoms with Gasteiger partial charge in [0.25, 0.3) is 0 Å². The Morgan fingerprint density at radius 2 is 1.93 bits per heavy atom. The molecule has 14 heavy (non-hydrogen) atoms. The SMILES string of the molecule is CCCCCCSCC(O)CN(C)C. The molecule has 0 aliphatic heterocycles. The zero-order valence-electron chi connectivity index (χ0n) is 9.83. The highest BCUT2D eigenvalue weighted by Gasteiger charge is 2.04. The van der Waals surface area contributed by atoms with Crippen LogP contribution in [-0.4, -0.2) is 48.3 Å². The molecule has 0 saturated heterocycles. The standard InChI is InChI=1S/C11H25NOS/c1-4-5-6-7-8-14-10-11(13)9-12(2)3/h11,13H,4-10H2,1-3H3. The van der Waals surface area contributed by atoms with Crippen molar-refractivity contribution in [1.82, 2.24) is 4.90 Å². The molecule has 0 aliphatic carbocycles. The molecule has 0 bridgehead atoms. The number of aliphatic hydroxyl groups is 1. The van der Waals surface area contributed by atoms with Crippen molar-refractivity contribution in [2.24, 2.45) is 0 Å². The zero-order chi connectivity index (χ0) is 10.8. The van der Waals surface area contributed by atoms with Crippen LogP contribution in [-0.2, 0) is 0 Å². The molecule has 0 aromatic heterocycles. The van der Waals surface area contributed by atoms with E-state index >= 15 is 0 Å². The van der Waals surface area contributed by atoms with E-state index in [-0.39, 0.29) is 6.10 Å². The Kier molecular flexibility index (Phi) is 10.0. The van der Waals surface area contributed by atoms with Crippen molar-refractivity contribution >= 4 is 11.8 Å². The maximum absolute atomic E-state index is 9.56. The number of hydrogen-bond donors (Lipinski definition) is 1. The van der Waals surface area contributed by atoms with Gasteiger partial charge < -0.3 is 10.0 Å². The van der Waals surface area contributed by atoms with Crippen molar-refractivity contribution in [3.63, 3.8) is 0 Å². The van der Waals surface area contributed by atoms with Crippen molar-refractivity contribution < 1.29 is 5.11 Å². The van der Waals surface area contributed by atoms with Crippen LogP contribution in [0.4, 0.5) is 0 Å². The molecule has 1 atom stereocenters. The van der Waals surface area contributed by atoms with Gasteiger partial charge in [-0.25, -0.2) is 0 Å². The third-order valence-electron chi connectivity index (χ3n) is 2.03. The van der Waals surface area contributed by atoms with E-state index in [1.54, 1.807) is 0 Å². The van der Waals surface area contributed by atoms with Crippen molar-refractivity contribution in [3.8, 4) is 0 Å². The molecular weight excluding hydrogens is 194 g/mol. The molecule has 1 N–H and O–H groups in total. The number of thioether (sulfide) groups is 1. The van der Waals surface area contributed by atoms with Crippen LogP contribution in [0, 0.1) is 0 Å². The second-order valence-electron chi connectivity index (χ2n) is 4.05. The number of likely N-dealkylation sites (N-methyl/N-ethyl adjacent to an activating group) is 1. The molecule has 86 valence electrons. The predicted molar refractivity (Wildman–Crippen MR) is 66.0 cm³/mol. The van der Waals surface area contributed by atoms with Gasteiger partial charge in [-0.05, 0) is 26.3 Å². The number of nitrogens with zero attached hydrogens (tertiary/aromatic N) is 1. The van der Waals surface area contributed by atoms with Crippen LogP contribution in [0.1, 0.15) is 32.6 Å². The monoisotopic (exact) mass is 219 g/mol. The molecule has 0 aromatic carbocycles. The minimum atomic E-state index is -0.166. The van der Waals surface area contributed by atoms with Gasteiger partial charge in [0.05, 0.1) is 6.10 Å². The lowest BCUT2D eigenvalue weighted by Gasteiger charge is -2.15. The van der Waals surface area contributed by atoms with Crippen LogP contribution in [0.25, 0.3) is 0 Å². The fourth-order valence-corrected chi connectivity index (χ4v) is 2.28. The third-order valence-corrected chi connectivity index (χ3v) is 3.23. The summed E-state index contributed by atoms with van der Waals surface area (Å²) in [6, 6.07) is 0. The molecule has 0 spiro atoms. The first-order chi connectivity index (χ1) is 6.66. The second kappa shape index (κ2) is 9.81. The lowest BCUT2D eigenvalue weighted by atomic mass is 10.2. The number of rotatable bonds is 9. The van der Waals surface area contributed by atoms with E-state index in [1.807, 2.05) is 30.8 Å². The molecule has 0 saturated carbocycles. The van der Waals surface area contributed by atoms with Crippen LogP contribution in [0.5, 0.6) is 0 Å². The first kappa shape index (κ1) is 14.3. The van der Waals surface area contributed by atoms with Crippen LogP contribution in [0.2, 0.25) is 0 Å². The van der Waals surface area contributed by atoms with Gasteiger partial charge in [-0.2, -0.15) is 11.8 Å². The molecule has 1 unspecified atom stereocenters. The van der Waals surface area contributed by atoms with Crippen molar-refractivity contribution in [2.45, 2.75) is 38.7 Å². The molecule has 0 radical (unpaired) electrons. The first-order valence-electron chi connectivity index (χ1n) is 5.57. The molecule has 0 aromatic rings. The van der Waals surface area contributed by atoms with Crippen molar-refractivity contribution in [3.05, 3.63) is 0 Å². The fourth-order valence-electron chi connectivity index (χ4n) is 1.32. The van der Waals surface area contributed by atoms with Gasteiger partial charge in [0, 0.05) is 12.3 Å². The number of unbranched alkanes of at least 4 members (excludes halogenated alkanes) is 3. The summed E-state index contributed by atoms with van der Waals surface area (Å²) < 4.78 is 0. The molecule has 0 heterocycles. The molecular formula is C11H25NOS. The largest absolute Gasteiger partial charge is 0.391 e. The van der Waals surface area contributed by atoms with Crippen molar-refractivity contribution in [1.29, 1.82) is 0 Å². The third kappa shape index (κ3) is 10.4. The normalized spacial score (nSPS) is 13.5. The highest BCUT2D eigenvalue weighted by Crippen LogP contribution is 2.09. The lowest BCUT2D eigenvalue weighted by Crippen LogP contribution is -2.27. The minimum Gasteiger partial charge on any atom is -0.391 e. The highest BCUT2D eigenvalue weighted by molar-refractivity contribution is 7.99. The predicted octanol–water partition coefficient (Wildman–Crippen LogP) is 2.22. The average Bonchev–Trinajstić information content (AvgIpc) is 2.10. The Bertz CT molecular complexity index is 120. The lowest BCUT2D eigenvalue weighted by molar-refractivity contribution is 0.158. The summed E-state index contributed by atoms with van der Waals surface area (Å²) in [5, 5.41) is 9.56. The molecule has 2 nitrogen and oxygen atoms in total. The Morgan fingerprint density at radius 1 is 1.21 bits per heavy atom. The van der Waals surface area contributed by atoms with E-state index in [2.05, 4.69) is 6.92 Å². The fraction of sp³-hybridized carbons (Fsp3) is 1.00. The maximum Gasteiger partial charge on any atom is 0.0757 e. The van der Waals surface area contributed by atoms with Gasteiger partial charge >= 0.3 is 0 Å². The topological polar surface area (TPSA) is 23.5 Å². The minimum absolute atomic E-state index is 0.166. The average molecular weight is 219 g/mol. The van der Waals surface area contributed by atoms with Crippen LogP contribution in [0.3, 0.4) is 0 Å².